The molecular formula is C21H17ClN4OS. The number of nitrogens with one attached hydrogen (secondary N) is 1. The summed E-state index contributed by atoms with van der Waals surface area (Å²) in [6.07, 6.45) is 3.13. The van der Waals surface area contributed by atoms with E-state index < -0.39 is 0 Å². The van der Waals surface area contributed by atoms with Gasteiger partial charge in [-0.05, 0) is 43.2 Å². The molecule has 0 saturated carbocycles. The number of amides is 1. The first kappa shape index (κ1) is 17.4. The molecule has 1 amide bonds. The number of aromatic nitrogens is 3. The van der Waals surface area contributed by atoms with Crippen molar-refractivity contribution in [3.05, 3.63) is 70.6 Å². The van der Waals surface area contributed by atoms with E-state index in [1.165, 1.54) is 11.3 Å². The summed E-state index contributed by atoms with van der Waals surface area (Å²) in [6, 6.07) is 13.8. The Morgan fingerprint density at radius 3 is 2.86 bits per heavy atom. The molecule has 28 heavy (non-hydrogen) atoms. The summed E-state index contributed by atoms with van der Waals surface area (Å²) >= 11 is 7.58. The van der Waals surface area contributed by atoms with Crippen LogP contribution in [0.2, 0.25) is 5.02 Å². The fourth-order valence-electron chi connectivity index (χ4n) is 3.77. The summed E-state index contributed by atoms with van der Waals surface area (Å²) in [4.78, 5) is 17.3. The zero-order valence-corrected chi connectivity index (χ0v) is 16.7. The molecule has 1 aliphatic rings. The van der Waals surface area contributed by atoms with Gasteiger partial charge < -0.3 is 5.32 Å². The molecule has 1 aromatic carbocycles. The molecule has 5 rings (SSSR count). The highest BCUT2D eigenvalue weighted by Crippen LogP contribution is 2.43. The van der Waals surface area contributed by atoms with Gasteiger partial charge in [0, 0.05) is 23.6 Å². The number of aryl methyl sites for hydroxylation is 1. The van der Waals surface area contributed by atoms with Gasteiger partial charge in [0.15, 0.2) is 0 Å². The molecule has 1 atom stereocenters. The summed E-state index contributed by atoms with van der Waals surface area (Å²) in [6.45, 7) is 1.99. The van der Waals surface area contributed by atoms with Gasteiger partial charge in [-0.3, -0.25) is 4.79 Å². The van der Waals surface area contributed by atoms with E-state index in [0.717, 1.165) is 44.5 Å². The molecule has 4 aromatic rings. The Hall–Kier alpha value is -2.70. The van der Waals surface area contributed by atoms with Crippen molar-refractivity contribution in [3.63, 3.8) is 0 Å². The second kappa shape index (κ2) is 6.72. The lowest BCUT2D eigenvalue weighted by Crippen LogP contribution is -2.07. The van der Waals surface area contributed by atoms with Crippen LogP contribution in [-0.2, 0) is 4.79 Å². The van der Waals surface area contributed by atoms with Crippen LogP contribution in [0.15, 0.2) is 48.7 Å². The van der Waals surface area contributed by atoms with Crippen LogP contribution in [0.3, 0.4) is 0 Å². The highest BCUT2D eigenvalue weighted by molar-refractivity contribution is 7.19. The molecule has 1 unspecified atom stereocenters. The maximum absolute atomic E-state index is 12.3. The number of rotatable bonds is 2. The van der Waals surface area contributed by atoms with E-state index in [-0.39, 0.29) is 11.8 Å². The molecule has 1 N–H and O–H groups in total. The fraction of sp³-hybridized carbons (Fsp3) is 0.190. The molecule has 140 valence electrons. The van der Waals surface area contributed by atoms with Crippen LogP contribution in [0.5, 0.6) is 0 Å². The minimum atomic E-state index is 0.0319. The molecule has 1 aliphatic heterocycles. The van der Waals surface area contributed by atoms with E-state index in [0.29, 0.717) is 11.4 Å². The Kier molecular flexibility index (Phi) is 4.18. The maximum atomic E-state index is 12.3. The highest BCUT2D eigenvalue weighted by atomic mass is 35.5. The third-order valence-electron chi connectivity index (χ3n) is 5.10. The number of pyridine rings is 1. The Morgan fingerprint density at radius 2 is 2.04 bits per heavy atom. The molecule has 5 nitrogen and oxygen atoms in total. The number of thiazole rings is 1. The third-order valence-corrected chi connectivity index (χ3v) is 6.35. The fourth-order valence-corrected chi connectivity index (χ4v) is 5.04. The Labute approximate surface area is 171 Å². The quantitative estimate of drug-likeness (QED) is 0.490. The normalized spacial score (nSPS) is 16.6. The number of hydrogen-bond donors (Lipinski definition) is 1. The summed E-state index contributed by atoms with van der Waals surface area (Å²) in [5.74, 6) is 0.0860. The lowest BCUT2D eigenvalue weighted by atomic mass is 9.92. The lowest BCUT2D eigenvalue weighted by molar-refractivity contribution is -0.116. The Morgan fingerprint density at radius 1 is 1.21 bits per heavy atom. The van der Waals surface area contributed by atoms with Crippen molar-refractivity contribution >= 4 is 39.4 Å². The highest BCUT2D eigenvalue weighted by Gasteiger charge is 2.29. The van der Waals surface area contributed by atoms with Crippen molar-refractivity contribution < 1.29 is 4.79 Å². The van der Waals surface area contributed by atoms with Gasteiger partial charge >= 0.3 is 0 Å². The van der Waals surface area contributed by atoms with E-state index in [9.17, 15) is 4.79 Å². The van der Waals surface area contributed by atoms with Crippen molar-refractivity contribution in [2.75, 3.05) is 5.32 Å². The van der Waals surface area contributed by atoms with Crippen LogP contribution in [0.1, 0.15) is 35.7 Å². The zero-order valence-electron chi connectivity index (χ0n) is 15.1. The van der Waals surface area contributed by atoms with Crippen molar-refractivity contribution in [1.82, 2.24) is 14.6 Å². The molecule has 0 fully saturated rings. The average Bonchev–Trinajstić information content (AvgIpc) is 3.18. The molecule has 0 spiro atoms. The summed E-state index contributed by atoms with van der Waals surface area (Å²) in [5, 5.41) is 10.1. The largest absolute Gasteiger partial charge is 0.316 e. The molecule has 7 heteroatoms. The smallest absolute Gasteiger partial charge is 0.225 e. The molecular weight excluding hydrogens is 392 g/mol. The second-order valence-electron chi connectivity index (χ2n) is 6.92. The van der Waals surface area contributed by atoms with Gasteiger partial charge in [0.05, 0.1) is 22.5 Å². The standard InChI is InChI=1S/C21H17ClN4OS/c1-12-18(16-4-2-3-11-26(16)25-12)20-24-19-15(13-5-7-14(22)8-6-13)9-10-17(27)23-21(19)28-20/h2-8,11,15H,9-10H2,1H3,(H,23,27). The van der Waals surface area contributed by atoms with E-state index in [4.69, 9.17) is 16.6 Å². The minimum Gasteiger partial charge on any atom is -0.316 e. The lowest BCUT2D eigenvalue weighted by Gasteiger charge is -2.13. The van der Waals surface area contributed by atoms with Gasteiger partial charge in [-0.15, -0.1) is 0 Å². The van der Waals surface area contributed by atoms with Crippen molar-refractivity contribution in [3.8, 4) is 10.6 Å². The van der Waals surface area contributed by atoms with Crippen LogP contribution in [0, 0.1) is 6.92 Å². The number of carbonyl (C=O) groups excluding carboxylic acids is 1. The van der Waals surface area contributed by atoms with E-state index in [1.54, 1.807) is 0 Å². The minimum absolute atomic E-state index is 0.0319. The number of benzene rings is 1. The van der Waals surface area contributed by atoms with E-state index in [2.05, 4.69) is 10.4 Å². The predicted octanol–water partition coefficient (Wildman–Crippen LogP) is 5.28. The molecule has 4 heterocycles. The van der Waals surface area contributed by atoms with Gasteiger partial charge in [0.2, 0.25) is 5.91 Å². The molecule has 0 aliphatic carbocycles. The topological polar surface area (TPSA) is 59.3 Å². The monoisotopic (exact) mass is 408 g/mol. The maximum Gasteiger partial charge on any atom is 0.225 e. The summed E-state index contributed by atoms with van der Waals surface area (Å²) < 4.78 is 1.87. The number of hydrogen-bond acceptors (Lipinski definition) is 4. The van der Waals surface area contributed by atoms with Crippen molar-refractivity contribution in [1.29, 1.82) is 0 Å². The van der Waals surface area contributed by atoms with Gasteiger partial charge in [-0.2, -0.15) is 5.10 Å². The number of anilines is 1. The van der Waals surface area contributed by atoms with Gasteiger partial charge in [-0.25, -0.2) is 9.50 Å². The number of fused-ring (bicyclic) bond motifs is 2. The SMILES string of the molecule is Cc1nn2ccccc2c1-c1nc2c(s1)NC(=O)CCC2c1ccc(Cl)cc1. The van der Waals surface area contributed by atoms with Crippen molar-refractivity contribution in [2.45, 2.75) is 25.7 Å². The molecule has 0 radical (unpaired) electrons. The van der Waals surface area contributed by atoms with Crippen LogP contribution >= 0.6 is 22.9 Å². The Bertz CT molecular complexity index is 1200. The zero-order chi connectivity index (χ0) is 19.3. The third kappa shape index (κ3) is 2.89. The number of carbonyl (C=O) groups is 1. The van der Waals surface area contributed by atoms with Crippen molar-refractivity contribution in [2.24, 2.45) is 0 Å². The van der Waals surface area contributed by atoms with Crippen LogP contribution in [0.4, 0.5) is 5.00 Å². The first-order valence-electron chi connectivity index (χ1n) is 9.10. The first-order chi connectivity index (χ1) is 13.6. The average molecular weight is 409 g/mol. The summed E-state index contributed by atoms with van der Waals surface area (Å²) in [7, 11) is 0. The second-order valence-corrected chi connectivity index (χ2v) is 8.35. The molecule has 0 saturated heterocycles. The van der Waals surface area contributed by atoms with Crippen LogP contribution in [0.25, 0.3) is 16.1 Å². The van der Waals surface area contributed by atoms with E-state index in [1.807, 2.05) is 60.1 Å². The molecule has 0 bridgehead atoms. The predicted molar refractivity (Wildman–Crippen MR) is 112 cm³/mol. The van der Waals surface area contributed by atoms with Gasteiger partial charge in [0.1, 0.15) is 10.0 Å². The first-order valence-corrected chi connectivity index (χ1v) is 10.3. The number of nitrogens with zero attached hydrogens (tertiary/aromatic N) is 3. The molecule has 3 aromatic heterocycles. The Balaban J connectivity index is 1.67. The summed E-state index contributed by atoms with van der Waals surface area (Å²) in [5.41, 5.74) is 4.99. The van der Waals surface area contributed by atoms with Crippen LogP contribution in [-0.4, -0.2) is 20.5 Å². The van der Waals surface area contributed by atoms with Gasteiger partial charge in [0.25, 0.3) is 0 Å². The van der Waals surface area contributed by atoms with E-state index >= 15 is 0 Å². The number of halogens is 1. The van der Waals surface area contributed by atoms with Gasteiger partial charge in [-0.1, -0.05) is 41.1 Å². The van der Waals surface area contributed by atoms with Crippen LogP contribution < -0.4 is 5.32 Å².